The molecule has 1 amide bonds. The molecule has 1 aliphatic rings. The summed E-state index contributed by atoms with van der Waals surface area (Å²) in [7, 11) is 0. The van der Waals surface area contributed by atoms with Crippen LogP contribution in [0.4, 0.5) is 17.1 Å². The van der Waals surface area contributed by atoms with E-state index in [2.05, 4.69) is 20.9 Å². The molecule has 0 spiro atoms. The fraction of sp³-hybridized carbons (Fsp3) is 0.308. The number of benzene rings is 1. The number of hydrogen-bond acceptors (Lipinski definition) is 5. The summed E-state index contributed by atoms with van der Waals surface area (Å²) >= 11 is 0. The molecule has 1 aliphatic heterocycles. The Balaban J connectivity index is 1.69. The Hall–Kier alpha value is -2.57. The fourth-order valence-electron chi connectivity index (χ4n) is 2.26. The van der Waals surface area contributed by atoms with Gasteiger partial charge >= 0.3 is 0 Å². The second-order valence-electron chi connectivity index (χ2n) is 4.74. The molecule has 0 radical (unpaired) electrons. The number of carbonyl (C=O) groups is 1. The summed E-state index contributed by atoms with van der Waals surface area (Å²) in [4.78, 5) is 11.3. The Morgan fingerprint density at radius 3 is 3.10 bits per heavy atom. The van der Waals surface area contributed by atoms with Gasteiger partial charge in [-0.25, -0.2) is 0 Å². The van der Waals surface area contributed by atoms with Gasteiger partial charge in [0.05, 0.1) is 24.1 Å². The van der Waals surface area contributed by atoms with Gasteiger partial charge in [-0.05, 0) is 24.1 Å². The molecule has 1 aromatic heterocycles. The highest BCUT2D eigenvalue weighted by molar-refractivity contribution is 5.95. The first kappa shape index (κ1) is 12.5. The standard InChI is InChI=1S/C13H16N6O/c14-10-8-11-9(1-2-13(20)17-11)7-12(10)15-3-5-19-6-4-16-18-19/h4,6-8,15H,1-3,5,14H2,(H,17,20). The first-order chi connectivity index (χ1) is 9.72. The zero-order valence-electron chi connectivity index (χ0n) is 11.0. The van der Waals surface area contributed by atoms with Crippen molar-refractivity contribution in [3.05, 3.63) is 30.1 Å². The predicted molar refractivity (Wildman–Crippen MR) is 76.3 cm³/mol. The quantitative estimate of drug-likeness (QED) is 0.717. The summed E-state index contributed by atoms with van der Waals surface area (Å²) in [6, 6.07) is 3.82. The van der Waals surface area contributed by atoms with E-state index in [1.54, 1.807) is 10.9 Å². The predicted octanol–water partition coefficient (Wildman–Crippen LogP) is 0.857. The maximum atomic E-state index is 11.3. The first-order valence-corrected chi connectivity index (χ1v) is 6.52. The van der Waals surface area contributed by atoms with E-state index in [0.717, 1.165) is 23.4 Å². The van der Waals surface area contributed by atoms with E-state index in [0.29, 0.717) is 25.2 Å². The van der Waals surface area contributed by atoms with Crippen LogP contribution in [0.5, 0.6) is 0 Å². The highest BCUT2D eigenvalue weighted by atomic mass is 16.1. The molecule has 2 aromatic rings. The van der Waals surface area contributed by atoms with Gasteiger partial charge < -0.3 is 16.4 Å². The van der Waals surface area contributed by atoms with Crippen molar-refractivity contribution in [1.29, 1.82) is 0 Å². The highest BCUT2D eigenvalue weighted by Crippen LogP contribution is 2.30. The molecule has 20 heavy (non-hydrogen) atoms. The Kier molecular flexibility index (Phi) is 3.24. The topological polar surface area (TPSA) is 97.9 Å². The number of nitrogens with two attached hydrogens (primary N) is 1. The van der Waals surface area contributed by atoms with E-state index in [4.69, 9.17) is 5.73 Å². The van der Waals surface area contributed by atoms with Crippen LogP contribution in [0.2, 0.25) is 0 Å². The third kappa shape index (κ3) is 2.56. The van der Waals surface area contributed by atoms with Gasteiger partial charge in [-0.15, -0.1) is 5.10 Å². The minimum absolute atomic E-state index is 0.0452. The molecule has 0 bridgehead atoms. The lowest BCUT2D eigenvalue weighted by atomic mass is 10.0. The molecule has 7 nitrogen and oxygen atoms in total. The van der Waals surface area contributed by atoms with Crippen LogP contribution in [0.15, 0.2) is 24.5 Å². The second-order valence-corrected chi connectivity index (χ2v) is 4.74. The van der Waals surface area contributed by atoms with Gasteiger partial charge in [0.1, 0.15) is 0 Å². The summed E-state index contributed by atoms with van der Waals surface area (Å²) in [5.41, 5.74) is 9.45. The van der Waals surface area contributed by atoms with E-state index in [1.165, 1.54) is 0 Å². The van der Waals surface area contributed by atoms with Gasteiger partial charge in [0.25, 0.3) is 0 Å². The molecule has 2 heterocycles. The van der Waals surface area contributed by atoms with Crippen molar-refractivity contribution in [1.82, 2.24) is 15.0 Å². The average molecular weight is 272 g/mol. The van der Waals surface area contributed by atoms with Gasteiger partial charge in [-0.2, -0.15) is 0 Å². The lowest BCUT2D eigenvalue weighted by molar-refractivity contribution is -0.116. The van der Waals surface area contributed by atoms with Gasteiger partial charge in [-0.3, -0.25) is 9.48 Å². The van der Waals surface area contributed by atoms with E-state index in [1.807, 2.05) is 18.3 Å². The van der Waals surface area contributed by atoms with Gasteiger partial charge in [0.15, 0.2) is 0 Å². The second kappa shape index (κ2) is 5.20. The maximum absolute atomic E-state index is 11.3. The maximum Gasteiger partial charge on any atom is 0.224 e. The van der Waals surface area contributed by atoms with E-state index >= 15 is 0 Å². The lowest BCUT2D eigenvalue weighted by Crippen LogP contribution is -2.20. The van der Waals surface area contributed by atoms with Crippen molar-refractivity contribution in [3.63, 3.8) is 0 Å². The smallest absolute Gasteiger partial charge is 0.224 e. The summed E-state index contributed by atoms with van der Waals surface area (Å²) in [6.07, 6.45) is 4.73. The van der Waals surface area contributed by atoms with Crippen LogP contribution >= 0.6 is 0 Å². The van der Waals surface area contributed by atoms with Crippen molar-refractivity contribution < 1.29 is 4.79 Å². The number of carbonyl (C=O) groups excluding carboxylic acids is 1. The number of hydrogen-bond donors (Lipinski definition) is 3. The lowest BCUT2D eigenvalue weighted by Gasteiger charge is -2.19. The SMILES string of the molecule is Nc1cc2c(cc1NCCn1ccnn1)CCC(=O)N2. The third-order valence-corrected chi connectivity index (χ3v) is 3.30. The Morgan fingerprint density at radius 2 is 2.30 bits per heavy atom. The number of anilines is 3. The zero-order valence-corrected chi connectivity index (χ0v) is 11.0. The van der Waals surface area contributed by atoms with Crippen molar-refractivity contribution in [2.24, 2.45) is 0 Å². The number of amides is 1. The van der Waals surface area contributed by atoms with Gasteiger partial charge in [-0.1, -0.05) is 5.21 Å². The van der Waals surface area contributed by atoms with Crippen molar-refractivity contribution >= 4 is 23.0 Å². The Bertz CT molecular complexity index is 622. The number of nitrogens with zero attached hydrogens (tertiary/aromatic N) is 3. The molecule has 1 aromatic carbocycles. The Labute approximate surface area is 116 Å². The molecule has 3 rings (SSSR count). The van der Waals surface area contributed by atoms with Gasteiger partial charge in [0.2, 0.25) is 5.91 Å². The molecule has 104 valence electrons. The molecule has 0 aliphatic carbocycles. The largest absolute Gasteiger partial charge is 0.397 e. The molecule has 0 fully saturated rings. The summed E-state index contributed by atoms with van der Waals surface area (Å²) in [5, 5.41) is 13.8. The molecule has 0 saturated carbocycles. The molecule has 0 unspecified atom stereocenters. The number of fused-ring (bicyclic) bond motifs is 1. The molecular formula is C13H16N6O. The minimum Gasteiger partial charge on any atom is -0.397 e. The number of nitrogens with one attached hydrogen (secondary N) is 2. The Morgan fingerprint density at radius 1 is 1.40 bits per heavy atom. The van der Waals surface area contributed by atoms with E-state index in [9.17, 15) is 4.79 Å². The third-order valence-electron chi connectivity index (χ3n) is 3.30. The van der Waals surface area contributed by atoms with Crippen molar-refractivity contribution in [2.75, 3.05) is 22.9 Å². The first-order valence-electron chi connectivity index (χ1n) is 6.52. The summed E-state index contributed by atoms with van der Waals surface area (Å²) < 4.78 is 1.75. The van der Waals surface area contributed by atoms with Crippen LogP contribution in [-0.4, -0.2) is 27.4 Å². The number of aryl methyl sites for hydroxylation is 1. The monoisotopic (exact) mass is 272 g/mol. The van der Waals surface area contributed by atoms with Crippen LogP contribution in [0, 0.1) is 0 Å². The number of nitrogen functional groups attached to an aromatic ring is 1. The van der Waals surface area contributed by atoms with E-state index in [-0.39, 0.29) is 5.91 Å². The van der Waals surface area contributed by atoms with Crippen LogP contribution in [0.25, 0.3) is 0 Å². The number of aromatic nitrogens is 3. The van der Waals surface area contributed by atoms with Crippen molar-refractivity contribution in [2.45, 2.75) is 19.4 Å². The van der Waals surface area contributed by atoms with Gasteiger partial charge in [0, 0.05) is 24.8 Å². The summed E-state index contributed by atoms with van der Waals surface area (Å²) in [6.45, 7) is 1.42. The molecule has 0 saturated heterocycles. The van der Waals surface area contributed by atoms with Crippen LogP contribution in [0.3, 0.4) is 0 Å². The van der Waals surface area contributed by atoms with Crippen LogP contribution in [-0.2, 0) is 17.8 Å². The fourth-order valence-corrected chi connectivity index (χ4v) is 2.26. The molecule has 0 atom stereocenters. The zero-order chi connectivity index (χ0) is 13.9. The molecule has 4 N–H and O–H groups in total. The van der Waals surface area contributed by atoms with E-state index < -0.39 is 0 Å². The minimum atomic E-state index is 0.0452. The average Bonchev–Trinajstić information content (AvgIpc) is 2.93. The van der Waals surface area contributed by atoms with Crippen molar-refractivity contribution in [3.8, 4) is 0 Å². The van der Waals surface area contributed by atoms with Crippen LogP contribution < -0.4 is 16.4 Å². The molecular weight excluding hydrogens is 256 g/mol. The van der Waals surface area contributed by atoms with Crippen LogP contribution in [0.1, 0.15) is 12.0 Å². The normalized spacial score (nSPS) is 13.7. The summed E-state index contributed by atoms with van der Waals surface area (Å²) in [5.74, 6) is 0.0452. The highest BCUT2D eigenvalue weighted by Gasteiger charge is 2.16. The molecule has 7 heteroatoms. The number of rotatable bonds is 4.